The second-order valence-corrected chi connectivity index (χ2v) is 7.10. The lowest BCUT2D eigenvalue weighted by Gasteiger charge is -2.30. The number of carbonyl (C=O) groups is 1. The second-order valence-electron chi connectivity index (χ2n) is 7.10. The molecule has 1 saturated heterocycles. The van der Waals surface area contributed by atoms with Crippen LogP contribution in [-0.4, -0.2) is 60.3 Å². The summed E-state index contributed by atoms with van der Waals surface area (Å²) >= 11 is 0. The smallest absolute Gasteiger partial charge is 0.278 e. The summed E-state index contributed by atoms with van der Waals surface area (Å²) in [7, 11) is 0. The third-order valence-electron chi connectivity index (χ3n) is 4.95. The molecule has 2 aromatic heterocycles. The number of aromatic nitrogens is 3. The van der Waals surface area contributed by atoms with Crippen LogP contribution in [0.2, 0.25) is 0 Å². The molecule has 1 fully saturated rings. The second kappa shape index (κ2) is 10.0. The summed E-state index contributed by atoms with van der Waals surface area (Å²) in [6, 6.07) is 9.16. The van der Waals surface area contributed by atoms with Crippen LogP contribution >= 0.6 is 0 Å². The van der Waals surface area contributed by atoms with Crippen LogP contribution in [0.15, 0.2) is 48.9 Å². The first-order chi connectivity index (χ1) is 15.7. The van der Waals surface area contributed by atoms with E-state index in [1.54, 1.807) is 12.4 Å². The Morgan fingerprint density at radius 3 is 2.69 bits per heavy atom. The van der Waals surface area contributed by atoms with Gasteiger partial charge in [0.1, 0.15) is 12.4 Å². The molecule has 1 aliphatic rings. The van der Waals surface area contributed by atoms with Crippen molar-refractivity contribution in [2.24, 2.45) is 5.73 Å². The molecule has 10 heteroatoms. The molecular formula is C22H25N7O3. The zero-order valence-electron chi connectivity index (χ0n) is 17.5. The van der Waals surface area contributed by atoms with Crippen molar-refractivity contribution < 1.29 is 14.3 Å². The van der Waals surface area contributed by atoms with Crippen LogP contribution in [0, 0.1) is 0 Å². The van der Waals surface area contributed by atoms with Gasteiger partial charge in [0.05, 0.1) is 42.7 Å². The van der Waals surface area contributed by atoms with E-state index >= 15 is 0 Å². The van der Waals surface area contributed by atoms with Gasteiger partial charge in [-0.15, -0.1) is 0 Å². The molecular weight excluding hydrogens is 410 g/mol. The Labute approximate surface area is 185 Å². The zero-order valence-corrected chi connectivity index (χ0v) is 17.5. The van der Waals surface area contributed by atoms with Gasteiger partial charge in [0, 0.05) is 31.4 Å². The molecule has 1 aliphatic heterocycles. The average molecular weight is 435 g/mol. The molecule has 0 bridgehead atoms. The lowest BCUT2D eigenvalue weighted by molar-refractivity contribution is 0.102. The Hall–Kier alpha value is -3.76. The Morgan fingerprint density at radius 1 is 1.16 bits per heavy atom. The molecule has 166 valence electrons. The summed E-state index contributed by atoms with van der Waals surface area (Å²) in [5.74, 6) is 0.293. The van der Waals surface area contributed by atoms with E-state index in [9.17, 15) is 4.79 Å². The third kappa shape index (κ3) is 4.93. The van der Waals surface area contributed by atoms with Gasteiger partial charge in [0.15, 0.2) is 11.5 Å². The van der Waals surface area contributed by atoms with Crippen LogP contribution in [0.4, 0.5) is 17.2 Å². The van der Waals surface area contributed by atoms with E-state index in [1.807, 2.05) is 30.3 Å². The predicted molar refractivity (Wildman–Crippen MR) is 122 cm³/mol. The van der Waals surface area contributed by atoms with E-state index in [4.69, 9.17) is 20.9 Å². The van der Waals surface area contributed by atoms with Crippen LogP contribution in [0.3, 0.4) is 0 Å². The quantitative estimate of drug-likeness (QED) is 0.504. The fourth-order valence-corrected chi connectivity index (χ4v) is 3.35. The highest BCUT2D eigenvalue weighted by Gasteiger charge is 2.19. The number of hydrogen-bond donors (Lipinski definition) is 3. The Balaban J connectivity index is 1.55. The SMILES string of the molecule is NCCOc1ccc(-c2cnc(N)c(C(=O)Nc3cnccc3N3CCOCC3)n2)cc1. The number of hydrogen-bond acceptors (Lipinski definition) is 9. The van der Waals surface area contributed by atoms with Gasteiger partial charge in [-0.1, -0.05) is 0 Å². The summed E-state index contributed by atoms with van der Waals surface area (Å²) in [6.45, 7) is 3.60. The standard InChI is InChI=1S/C22H25N7O3/c23-6-10-32-16-3-1-15(2-4-16)17-14-26-21(24)20(27-17)22(30)28-18-13-25-7-5-19(18)29-8-11-31-12-9-29/h1-5,7,13-14H,6,8-12,23H2,(H2,24,26)(H,28,30). The van der Waals surface area contributed by atoms with Gasteiger partial charge in [-0.25, -0.2) is 9.97 Å². The van der Waals surface area contributed by atoms with Crippen molar-refractivity contribution in [3.63, 3.8) is 0 Å². The highest BCUT2D eigenvalue weighted by molar-refractivity contribution is 6.07. The van der Waals surface area contributed by atoms with Gasteiger partial charge < -0.3 is 31.2 Å². The first kappa shape index (κ1) is 21.5. The monoisotopic (exact) mass is 435 g/mol. The number of benzene rings is 1. The molecule has 5 N–H and O–H groups in total. The first-order valence-corrected chi connectivity index (χ1v) is 10.3. The number of ether oxygens (including phenoxy) is 2. The van der Waals surface area contributed by atoms with E-state index in [1.165, 1.54) is 6.20 Å². The number of pyridine rings is 1. The molecule has 0 saturated carbocycles. The van der Waals surface area contributed by atoms with Crippen LogP contribution in [0.5, 0.6) is 5.75 Å². The minimum absolute atomic E-state index is 0.0442. The molecule has 3 aromatic rings. The van der Waals surface area contributed by atoms with Crippen molar-refractivity contribution in [3.05, 3.63) is 54.6 Å². The van der Waals surface area contributed by atoms with Gasteiger partial charge in [-0.05, 0) is 30.3 Å². The van der Waals surface area contributed by atoms with E-state index in [2.05, 4.69) is 25.2 Å². The number of rotatable bonds is 7. The molecule has 3 heterocycles. The van der Waals surface area contributed by atoms with Gasteiger partial charge in [-0.2, -0.15) is 0 Å². The number of nitrogen functional groups attached to an aromatic ring is 1. The number of anilines is 3. The van der Waals surface area contributed by atoms with Crippen LogP contribution in [0.1, 0.15) is 10.5 Å². The van der Waals surface area contributed by atoms with Crippen LogP contribution < -0.4 is 26.4 Å². The number of amides is 1. The van der Waals surface area contributed by atoms with E-state index in [-0.39, 0.29) is 11.5 Å². The minimum Gasteiger partial charge on any atom is -0.492 e. The van der Waals surface area contributed by atoms with Crippen molar-refractivity contribution >= 4 is 23.1 Å². The van der Waals surface area contributed by atoms with E-state index in [0.717, 1.165) is 24.3 Å². The number of morpholine rings is 1. The maximum absolute atomic E-state index is 13.0. The molecule has 1 aromatic carbocycles. The lowest BCUT2D eigenvalue weighted by atomic mass is 10.1. The maximum atomic E-state index is 13.0. The number of nitrogens with zero attached hydrogens (tertiary/aromatic N) is 4. The van der Waals surface area contributed by atoms with Crippen LogP contribution in [0.25, 0.3) is 11.3 Å². The van der Waals surface area contributed by atoms with Crippen molar-refractivity contribution in [1.82, 2.24) is 15.0 Å². The fraction of sp³-hybridized carbons (Fsp3) is 0.273. The van der Waals surface area contributed by atoms with E-state index < -0.39 is 5.91 Å². The minimum atomic E-state index is -0.456. The Bertz CT molecular complexity index is 1070. The Morgan fingerprint density at radius 2 is 1.94 bits per heavy atom. The molecule has 0 unspecified atom stereocenters. The zero-order chi connectivity index (χ0) is 22.3. The van der Waals surface area contributed by atoms with Crippen LogP contribution in [-0.2, 0) is 4.74 Å². The summed E-state index contributed by atoms with van der Waals surface area (Å²) in [5, 5.41) is 2.88. The van der Waals surface area contributed by atoms with Gasteiger partial charge >= 0.3 is 0 Å². The molecule has 0 spiro atoms. The molecule has 0 aliphatic carbocycles. The highest BCUT2D eigenvalue weighted by atomic mass is 16.5. The topological polar surface area (TPSA) is 142 Å². The summed E-state index contributed by atoms with van der Waals surface area (Å²) in [5.41, 5.74) is 14.2. The normalized spacial score (nSPS) is 13.6. The molecule has 0 atom stereocenters. The third-order valence-corrected chi connectivity index (χ3v) is 4.95. The van der Waals surface area contributed by atoms with Crippen molar-refractivity contribution in [3.8, 4) is 17.0 Å². The predicted octanol–water partition coefficient (Wildman–Crippen LogP) is 1.55. The van der Waals surface area contributed by atoms with Crippen molar-refractivity contribution in [2.75, 3.05) is 55.4 Å². The lowest BCUT2D eigenvalue weighted by Crippen LogP contribution is -2.36. The molecule has 1 amide bonds. The van der Waals surface area contributed by atoms with Gasteiger partial charge in [-0.3, -0.25) is 9.78 Å². The summed E-state index contributed by atoms with van der Waals surface area (Å²) in [4.78, 5) is 27.9. The number of nitrogens with two attached hydrogens (primary N) is 2. The van der Waals surface area contributed by atoms with Gasteiger partial charge in [0.2, 0.25) is 0 Å². The number of nitrogens with one attached hydrogen (secondary N) is 1. The summed E-state index contributed by atoms with van der Waals surface area (Å²) in [6.07, 6.45) is 4.83. The molecule has 4 rings (SSSR count). The highest BCUT2D eigenvalue weighted by Crippen LogP contribution is 2.27. The molecule has 10 nitrogen and oxygen atoms in total. The molecule has 0 radical (unpaired) electrons. The Kier molecular flexibility index (Phi) is 6.73. The first-order valence-electron chi connectivity index (χ1n) is 10.3. The molecule has 32 heavy (non-hydrogen) atoms. The van der Waals surface area contributed by atoms with Crippen molar-refractivity contribution in [1.29, 1.82) is 0 Å². The van der Waals surface area contributed by atoms with E-state index in [0.29, 0.717) is 43.5 Å². The largest absolute Gasteiger partial charge is 0.492 e. The van der Waals surface area contributed by atoms with Gasteiger partial charge in [0.25, 0.3) is 5.91 Å². The number of carbonyl (C=O) groups excluding carboxylic acids is 1. The fourth-order valence-electron chi connectivity index (χ4n) is 3.35. The maximum Gasteiger partial charge on any atom is 0.278 e. The van der Waals surface area contributed by atoms with Crippen molar-refractivity contribution in [2.45, 2.75) is 0 Å². The summed E-state index contributed by atoms with van der Waals surface area (Å²) < 4.78 is 10.9. The average Bonchev–Trinajstić information content (AvgIpc) is 2.84.